The Morgan fingerprint density at radius 1 is 1.18 bits per heavy atom. The number of aromatic nitrogens is 2. The third kappa shape index (κ3) is 1.89. The van der Waals surface area contributed by atoms with E-state index in [2.05, 4.69) is 39.4 Å². The summed E-state index contributed by atoms with van der Waals surface area (Å²) in [7, 11) is 0. The van der Waals surface area contributed by atoms with Crippen LogP contribution in [0.3, 0.4) is 0 Å². The number of benzene rings is 1. The predicted octanol–water partition coefficient (Wildman–Crippen LogP) is 1.09. The zero-order valence-corrected chi connectivity index (χ0v) is 9.47. The van der Waals surface area contributed by atoms with E-state index in [1.54, 1.807) is 0 Å². The highest BCUT2D eigenvalue weighted by atomic mass is 16.4. The van der Waals surface area contributed by atoms with Crippen LogP contribution in [0, 0.1) is 0 Å². The largest absolute Gasteiger partial charge is 0.408 e. The van der Waals surface area contributed by atoms with Crippen LogP contribution in [0.4, 0.5) is 6.01 Å². The molecule has 1 aromatic heterocycles. The van der Waals surface area contributed by atoms with Crippen LogP contribution in [0.2, 0.25) is 0 Å². The van der Waals surface area contributed by atoms with Gasteiger partial charge in [-0.1, -0.05) is 29.4 Å². The highest BCUT2D eigenvalue weighted by Crippen LogP contribution is 2.26. The van der Waals surface area contributed by atoms with Crippen molar-refractivity contribution >= 4 is 6.01 Å². The molecule has 17 heavy (non-hydrogen) atoms. The number of rotatable bonds is 3. The van der Waals surface area contributed by atoms with E-state index in [1.165, 1.54) is 11.1 Å². The summed E-state index contributed by atoms with van der Waals surface area (Å²) in [5.74, 6) is 0.610. The summed E-state index contributed by atoms with van der Waals surface area (Å²) in [6.45, 7) is 2.20. The molecule has 1 aromatic carbocycles. The fraction of sp³-hybridized carbons (Fsp3) is 0.333. The van der Waals surface area contributed by atoms with Crippen LogP contribution >= 0.6 is 0 Å². The Labute approximate surface area is 99.2 Å². The van der Waals surface area contributed by atoms with Crippen molar-refractivity contribution in [2.45, 2.75) is 19.5 Å². The van der Waals surface area contributed by atoms with Gasteiger partial charge in [0.2, 0.25) is 5.89 Å². The molecule has 5 heteroatoms. The summed E-state index contributed by atoms with van der Waals surface area (Å²) in [6, 6.07) is 8.95. The normalized spacial score (nSPS) is 14.1. The van der Waals surface area contributed by atoms with Crippen molar-refractivity contribution in [1.82, 2.24) is 10.2 Å². The van der Waals surface area contributed by atoms with Crippen LogP contribution in [0.5, 0.6) is 0 Å². The molecular weight excluding hydrogens is 216 g/mol. The first kappa shape index (κ1) is 10.3. The van der Waals surface area contributed by atoms with Crippen LogP contribution in [0.1, 0.15) is 17.0 Å². The molecule has 0 bridgehead atoms. The molecule has 1 aliphatic heterocycles. The van der Waals surface area contributed by atoms with Gasteiger partial charge in [-0.2, -0.15) is 0 Å². The summed E-state index contributed by atoms with van der Waals surface area (Å²) in [4.78, 5) is 2.08. The van der Waals surface area contributed by atoms with Crippen molar-refractivity contribution in [2.24, 2.45) is 5.73 Å². The highest BCUT2D eigenvalue weighted by Gasteiger charge is 2.22. The Bertz CT molecular complexity index is 498. The van der Waals surface area contributed by atoms with Crippen LogP contribution < -0.4 is 10.6 Å². The van der Waals surface area contributed by atoms with Crippen molar-refractivity contribution < 1.29 is 4.42 Å². The Morgan fingerprint density at radius 2 is 1.88 bits per heavy atom. The van der Waals surface area contributed by atoms with E-state index in [4.69, 9.17) is 10.2 Å². The summed E-state index contributed by atoms with van der Waals surface area (Å²) in [5.41, 5.74) is 8.10. The average molecular weight is 230 g/mol. The summed E-state index contributed by atoms with van der Waals surface area (Å²) >= 11 is 0. The molecule has 0 amide bonds. The fourth-order valence-electron chi connectivity index (χ4n) is 2.07. The maximum absolute atomic E-state index is 5.56. The van der Waals surface area contributed by atoms with Crippen LogP contribution in [-0.2, 0) is 19.5 Å². The van der Waals surface area contributed by atoms with Gasteiger partial charge in [0.1, 0.15) is 0 Å². The number of nitrogens with two attached hydrogens (primary N) is 1. The minimum absolute atomic E-state index is 0.530. The van der Waals surface area contributed by atoms with Crippen LogP contribution in [0.25, 0.3) is 0 Å². The lowest BCUT2D eigenvalue weighted by molar-refractivity contribution is 0.485. The second-order valence-electron chi connectivity index (χ2n) is 4.14. The average Bonchev–Trinajstić information content (AvgIpc) is 2.94. The Morgan fingerprint density at radius 3 is 2.53 bits per heavy atom. The zero-order valence-electron chi connectivity index (χ0n) is 9.47. The van der Waals surface area contributed by atoms with E-state index in [9.17, 15) is 0 Å². The first-order valence-electron chi connectivity index (χ1n) is 5.71. The Kier molecular flexibility index (Phi) is 2.53. The molecule has 3 rings (SSSR count). The van der Waals surface area contributed by atoms with E-state index < -0.39 is 0 Å². The van der Waals surface area contributed by atoms with Gasteiger partial charge in [0.05, 0.1) is 0 Å². The molecule has 0 saturated carbocycles. The van der Waals surface area contributed by atoms with E-state index in [0.717, 1.165) is 13.1 Å². The summed E-state index contributed by atoms with van der Waals surface area (Å²) in [5, 5.41) is 8.03. The SMILES string of the molecule is NCCc1nnc(N2Cc3ccccc3C2)o1. The third-order valence-electron chi connectivity index (χ3n) is 2.93. The molecule has 1 aliphatic rings. The zero-order chi connectivity index (χ0) is 11.7. The Hall–Kier alpha value is -1.88. The quantitative estimate of drug-likeness (QED) is 0.854. The molecule has 0 unspecified atom stereocenters. The van der Waals surface area contributed by atoms with Gasteiger partial charge >= 0.3 is 6.01 Å². The standard InChI is InChI=1S/C12H14N4O/c13-6-5-11-14-15-12(17-11)16-7-9-3-1-2-4-10(9)8-16/h1-4H,5-8,13H2. The van der Waals surface area contributed by atoms with E-state index in [0.29, 0.717) is 24.9 Å². The number of nitrogens with zero attached hydrogens (tertiary/aromatic N) is 3. The number of anilines is 1. The smallest absolute Gasteiger partial charge is 0.318 e. The monoisotopic (exact) mass is 230 g/mol. The predicted molar refractivity (Wildman–Crippen MR) is 63.4 cm³/mol. The van der Waals surface area contributed by atoms with Gasteiger partial charge in [-0.3, -0.25) is 0 Å². The third-order valence-corrected chi connectivity index (χ3v) is 2.93. The van der Waals surface area contributed by atoms with Gasteiger partial charge < -0.3 is 15.1 Å². The Balaban J connectivity index is 1.79. The van der Waals surface area contributed by atoms with Crippen molar-refractivity contribution in [2.75, 3.05) is 11.4 Å². The first-order valence-corrected chi connectivity index (χ1v) is 5.71. The molecule has 0 fully saturated rings. The van der Waals surface area contributed by atoms with E-state index in [-0.39, 0.29) is 0 Å². The molecule has 0 radical (unpaired) electrons. The maximum atomic E-state index is 5.56. The lowest BCUT2D eigenvalue weighted by Gasteiger charge is -2.10. The topological polar surface area (TPSA) is 68.2 Å². The maximum Gasteiger partial charge on any atom is 0.318 e. The van der Waals surface area contributed by atoms with Gasteiger partial charge in [-0.25, -0.2) is 0 Å². The summed E-state index contributed by atoms with van der Waals surface area (Å²) in [6.07, 6.45) is 0.633. The van der Waals surface area contributed by atoms with Crippen molar-refractivity contribution in [3.8, 4) is 0 Å². The molecule has 0 saturated heterocycles. The fourth-order valence-corrected chi connectivity index (χ4v) is 2.07. The van der Waals surface area contributed by atoms with Gasteiger partial charge in [0.25, 0.3) is 0 Å². The van der Waals surface area contributed by atoms with E-state index >= 15 is 0 Å². The van der Waals surface area contributed by atoms with Gasteiger partial charge in [-0.15, -0.1) is 5.10 Å². The molecule has 0 spiro atoms. The molecule has 0 atom stereocenters. The summed E-state index contributed by atoms with van der Waals surface area (Å²) < 4.78 is 5.56. The molecule has 0 aliphatic carbocycles. The highest BCUT2D eigenvalue weighted by molar-refractivity contribution is 5.41. The van der Waals surface area contributed by atoms with Gasteiger partial charge in [0.15, 0.2) is 0 Å². The van der Waals surface area contributed by atoms with E-state index in [1.807, 2.05) is 0 Å². The van der Waals surface area contributed by atoms with Crippen molar-refractivity contribution in [1.29, 1.82) is 0 Å². The van der Waals surface area contributed by atoms with Gasteiger partial charge in [0, 0.05) is 26.1 Å². The number of fused-ring (bicyclic) bond motifs is 1. The van der Waals surface area contributed by atoms with Crippen molar-refractivity contribution in [3.05, 3.63) is 41.3 Å². The first-order chi connectivity index (χ1) is 8.36. The number of hydrogen-bond donors (Lipinski definition) is 1. The molecule has 2 aromatic rings. The second-order valence-corrected chi connectivity index (χ2v) is 4.14. The second kappa shape index (κ2) is 4.18. The van der Waals surface area contributed by atoms with Gasteiger partial charge in [-0.05, 0) is 11.1 Å². The molecule has 5 nitrogen and oxygen atoms in total. The lowest BCUT2D eigenvalue weighted by atomic mass is 10.1. The lowest BCUT2D eigenvalue weighted by Crippen LogP contribution is -2.14. The molecule has 2 heterocycles. The minimum atomic E-state index is 0.530. The molecule has 88 valence electrons. The molecule has 2 N–H and O–H groups in total. The molecular formula is C12H14N4O. The van der Waals surface area contributed by atoms with Crippen molar-refractivity contribution in [3.63, 3.8) is 0 Å². The van der Waals surface area contributed by atoms with Crippen LogP contribution in [0.15, 0.2) is 28.7 Å². The van der Waals surface area contributed by atoms with Crippen LogP contribution in [-0.4, -0.2) is 16.7 Å². The minimum Gasteiger partial charge on any atom is -0.408 e. The number of hydrogen-bond acceptors (Lipinski definition) is 5.